The second-order valence-corrected chi connectivity index (χ2v) is 3.24. The lowest BCUT2D eigenvalue weighted by Gasteiger charge is -2.39. The zero-order valence-electron chi connectivity index (χ0n) is 7.69. The van der Waals surface area contributed by atoms with Crippen LogP contribution < -0.4 is 0 Å². The Morgan fingerprint density at radius 3 is 2.57 bits per heavy atom. The van der Waals surface area contributed by atoms with Gasteiger partial charge in [0.1, 0.15) is 12.2 Å². The quantitative estimate of drug-likeness (QED) is 0.308. The van der Waals surface area contributed by atoms with Gasteiger partial charge in [-0.2, -0.15) is 0 Å². The van der Waals surface area contributed by atoms with Gasteiger partial charge in [-0.1, -0.05) is 5.11 Å². The molecule has 5 atom stereocenters. The molecule has 1 fully saturated rings. The van der Waals surface area contributed by atoms with E-state index in [0.717, 1.165) is 0 Å². The van der Waals surface area contributed by atoms with Crippen LogP contribution in [0.3, 0.4) is 0 Å². The van der Waals surface area contributed by atoms with E-state index in [1.807, 2.05) is 0 Å². The van der Waals surface area contributed by atoms with Gasteiger partial charge in [-0.3, -0.25) is 0 Å². The van der Waals surface area contributed by atoms with Crippen molar-refractivity contribution < 1.29 is 20.1 Å². The fourth-order valence-corrected chi connectivity index (χ4v) is 1.51. The molecule has 0 aromatic heterocycles. The second kappa shape index (κ2) is 4.59. The Hall–Kier alpha value is -0.850. The van der Waals surface area contributed by atoms with E-state index < -0.39 is 30.5 Å². The summed E-state index contributed by atoms with van der Waals surface area (Å²) in [5, 5.41) is 31.1. The number of aliphatic hydroxyl groups is 3. The van der Waals surface area contributed by atoms with Crippen molar-refractivity contribution in [1.29, 1.82) is 0 Å². The van der Waals surface area contributed by atoms with Crippen LogP contribution in [0.4, 0.5) is 0 Å². The summed E-state index contributed by atoms with van der Waals surface area (Å²) in [7, 11) is 0. The predicted octanol–water partition coefficient (Wildman–Crippen LogP) is -0.833. The number of ether oxygens (including phenoxy) is 1. The lowest BCUT2D eigenvalue weighted by Crippen LogP contribution is -2.56. The van der Waals surface area contributed by atoms with Crippen LogP contribution in [0.25, 0.3) is 10.4 Å². The highest BCUT2D eigenvalue weighted by Gasteiger charge is 2.41. The molecule has 1 aliphatic heterocycles. The SMILES string of the molecule is CC1OC(CO)[C@@H](O)[C@H](O)C1N=[N+]=[N-]. The van der Waals surface area contributed by atoms with Crippen LogP contribution in [0.5, 0.6) is 0 Å². The van der Waals surface area contributed by atoms with Crippen molar-refractivity contribution in [2.75, 3.05) is 6.61 Å². The highest BCUT2D eigenvalue weighted by Crippen LogP contribution is 2.23. The first-order chi connectivity index (χ1) is 6.61. The average molecular weight is 203 g/mol. The molecule has 0 amide bonds. The first-order valence-corrected chi connectivity index (χ1v) is 4.28. The van der Waals surface area contributed by atoms with Gasteiger partial charge in [-0.15, -0.1) is 0 Å². The summed E-state index contributed by atoms with van der Waals surface area (Å²) in [6.45, 7) is 1.22. The van der Waals surface area contributed by atoms with Gasteiger partial charge >= 0.3 is 0 Å². The minimum Gasteiger partial charge on any atom is -0.394 e. The molecule has 7 heteroatoms. The predicted molar refractivity (Wildman–Crippen MR) is 46.4 cm³/mol. The Bertz CT molecular complexity index is 243. The molecule has 1 aliphatic rings. The molecular weight excluding hydrogens is 190 g/mol. The van der Waals surface area contributed by atoms with Gasteiger partial charge in [-0.25, -0.2) is 0 Å². The Morgan fingerprint density at radius 1 is 1.43 bits per heavy atom. The summed E-state index contributed by atoms with van der Waals surface area (Å²) in [6, 6.07) is -0.821. The summed E-state index contributed by atoms with van der Waals surface area (Å²) in [6.07, 6.45) is -3.79. The van der Waals surface area contributed by atoms with E-state index in [1.54, 1.807) is 6.92 Å². The van der Waals surface area contributed by atoms with Crippen LogP contribution in [-0.4, -0.2) is 52.4 Å². The molecular formula is C7H13N3O4. The number of hydrogen-bond donors (Lipinski definition) is 3. The summed E-state index contributed by atoms with van der Waals surface area (Å²) in [5.41, 5.74) is 8.22. The standard InChI is InChI=1S/C7H13N3O4/c1-3-5(9-10-8)7(13)6(12)4(2-11)14-3/h3-7,11-13H,2H2,1H3/t3?,4?,5?,6-,7-/m1/s1. The fraction of sp³-hybridized carbons (Fsp3) is 1.00. The molecule has 0 aliphatic carbocycles. The molecule has 7 nitrogen and oxygen atoms in total. The van der Waals surface area contributed by atoms with E-state index in [9.17, 15) is 10.2 Å². The Morgan fingerprint density at radius 2 is 2.07 bits per heavy atom. The molecule has 1 saturated heterocycles. The molecule has 3 N–H and O–H groups in total. The van der Waals surface area contributed by atoms with Crippen molar-refractivity contribution >= 4 is 0 Å². The Kier molecular flexibility index (Phi) is 3.68. The third kappa shape index (κ3) is 1.97. The summed E-state index contributed by atoms with van der Waals surface area (Å²) in [4.78, 5) is 2.56. The van der Waals surface area contributed by atoms with Crippen LogP contribution in [0, 0.1) is 0 Å². The first kappa shape index (κ1) is 11.2. The fourth-order valence-electron chi connectivity index (χ4n) is 1.51. The van der Waals surface area contributed by atoms with E-state index in [-0.39, 0.29) is 6.61 Å². The molecule has 14 heavy (non-hydrogen) atoms. The van der Waals surface area contributed by atoms with E-state index in [4.69, 9.17) is 15.4 Å². The summed E-state index contributed by atoms with van der Waals surface area (Å²) in [5.74, 6) is 0. The zero-order chi connectivity index (χ0) is 10.7. The van der Waals surface area contributed by atoms with Gasteiger partial charge in [-0.05, 0) is 12.5 Å². The largest absolute Gasteiger partial charge is 0.394 e. The van der Waals surface area contributed by atoms with Gasteiger partial charge < -0.3 is 20.1 Å². The lowest BCUT2D eigenvalue weighted by atomic mass is 9.94. The lowest BCUT2D eigenvalue weighted by molar-refractivity contribution is -0.183. The maximum atomic E-state index is 9.53. The van der Waals surface area contributed by atoms with Crippen LogP contribution in [0.2, 0.25) is 0 Å². The molecule has 0 radical (unpaired) electrons. The van der Waals surface area contributed by atoms with Gasteiger partial charge in [0.05, 0.1) is 24.9 Å². The van der Waals surface area contributed by atoms with Gasteiger partial charge in [0.25, 0.3) is 0 Å². The Balaban J connectivity index is 2.78. The minimum absolute atomic E-state index is 0.383. The normalized spacial score (nSPS) is 43.0. The molecule has 1 heterocycles. The molecule has 0 spiro atoms. The van der Waals surface area contributed by atoms with Crippen molar-refractivity contribution in [1.82, 2.24) is 0 Å². The average Bonchev–Trinajstić information content (AvgIpc) is 2.18. The second-order valence-electron chi connectivity index (χ2n) is 3.24. The summed E-state index contributed by atoms with van der Waals surface area (Å²) < 4.78 is 5.16. The zero-order valence-corrected chi connectivity index (χ0v) is 7.69. The molecule has 1 rings (SSSR count). The van der Waals surface area contributed by atoms with Crippen molar-refractivity contribution in [2.45, 2.75) is 37.4 Å². The first-order valence-electron chi connectivity index (χ1n) is 4.28. The smallest absolute Gasteiger partial charge is 0.109 e. The third-order valence-corrected chi connectivity index (χ3v) is 2.32. The van der Waals surface area contributed by atoms with Gasteiger partial charge in [0.15, 0.2) is 0 Å². The molecule has 0 aromatic carbocycles. The van der Waals surface area contributed by atoms with Crippen LogP contribution >= 0.6 is 0 Å². The molecule has 0 aromatic rings. The topological polar surface area (TPSA) is 119 Å². The van der Waals surface area contributed by atoms with Gasteiger partial charge in [0.2, 0.25) is 0 Å². The molecule has 0 bridgehead atoms. The van der Waals surface area contributed by atoms with Crippen LogP contribution in [0.15, 0.2) is 5.11 Å². The van der Waals surface area contributed by atoms with Crippen molar-refractivity contribution in [2.24, 2.45) is 5.11 Å². The molecule has 80 valence electrons. The Labute approximate surface area is 80.6 Å². The molecule has 3 unspecified atom stereocenters. The molecule has 0 saturated carbocycles. The van der Waals surface area contributed by atoms with Crippen molar-refractivity contribution in [3.05, 3.63) is 10.4 Å². The van der Waals surface area contributed by atoms with Crippen molar-refractivity contribution in [3.8, 4) is 0 Å². The summed E-state index contributed by atoms with van der Waals surface area (Å²) >= 11 is 0. The van der Waals surface area contributed by atoms with E-state index >= 15 is 0 Å². The van der Waals surface area contributed by atoms with E-state index in [2.05, 4.69) is 10.0 Å². The van der Waals surface area contributed by atoms with Crippen LogP contribution in [0.1, 0.15) is 6.92 Å². The van der Waals surface area contributed by atoms with E-state index in [0.29, 0.717) is 0 Å². The maximum absolute atomic E-state index is 9.53. The number of hydrogen-bond acceptors (Lipinski definition) is 5. The number of nitrogens with zero attached hydrogens (tertiary/aromatic N) is 3. The monoisotopic (exact) mass is 203 g/mol. The number of rotatable bonds is 2. The highest BCUT2D eigenvalue weighted by molar-refractivity contribution is 4.94. The van der Waals surface area contributed by atoms with E-state index in [1.165, 1.54) is 0 Å². The highest BCUT2D eigenvalue weighted by atomic mass is 16.5. The van der Waals surface area contributed by atoms with Crippen molar-refractivity contribution in [3.63, 3.8) is 0 Å². The maximum Gasteiger partial charge on any atom is 0.109 e. The number of azide groups is 1. The number of aliphatic hydroxyl groups excluding tert-OH is 3. The van der Waals surface area contributed by atoms with Gasteiger partial charge in [0, 0.05) is 4.91 Å². The third-order valence-electron chi connectivity index (χ3n) is 2.32. The minimum atomic E-state index is -1.23. The van der Waals surface area contributed by atoms with Crippen LogP contribution in [-0.2, 0) is 4.74 Å².